The summed E-state index contributed by atoms with van der Waals surface area (Å²) in [7, 11) is 6.21. The summed E-state index contributed by atoms with van der Waals surface area (Å²) >= 11 is 0. The van der Waals surface area contributed by atoms with Crippen LogP contribution in [-0.2, 0) is 4.79 Å². The van der Waals surface area contributed by atoms with E-state index < -0.39 is 5.81 Å². The number of likely N-dealkylation sites (N-methyl/N-ethyl adjacent to an activating group) is 1. The maximum Gasteiger partial charge on any atom is 0.200 e. The molecular formula is C4H6BNO2. The van der Waals surface area contributed by atoms with Gasteiger partial charge < -0.3 is 9.69 Å². The molecule has 8 heavy (non-hydrogen) atoms. The van der Waals surface area contributed by atoms with Crippen LogP contribution in [0.25, 0.3) is 0 Å². The molecule has 0 unspecified atom stereocenters. The number of hydrogen-bond acceptors (Lipinski definition) is 2. The normalized spacial score (nSPS) is 8.12. The van der Waals surface area contributed by atoms with Crippen LogP contribution in [0.5, 0.6) is 0 Å². The van der Waals surface area contributed by atoms with E-state index in [0.717, 1.165) is 4.90 Å². The van der Waals surface area contributed by atoms with Crippen molar-refractivity contribution in [2.24, 2.45) is 0 Å². The zero-order valence-electron chi connectivity index (χ0n) is 4.63. The Bertz CT molecular complexity index is 104. The van der Waals surface area contributed by atoms with Crippen LogP contribution in [0.2, 0.25) is 0 Å². The predicted octanol–water partition coefficient (Wildman–Crippen LogP) is -0.594. The van der Waals surface area contributed by atoms with E-state index in [-0.39, 0.29) is 6.54 Å². The maximum absolute atomic E-state index is 10.1. The minimum atomic E-state index is -0.586. The Balaban J connectivity index is 3.46. The van der Waals surface area contributed by atoms with Gasteiger partial charge in [0.15, 0.2) is 5.81 Å². The van der Waals surface area contributed by atoms with Gasteiger partial charge in [-0.25, -0.2) is 0 Å². The number of amides is 1. The van der Waals surface area contributed by atoms with Crippen molar-refractivity contribution in [2.75, 3.05) is 13.6 Å². The second-order valence-electron chi connectivity index (χ2n) is 1.39. The Morgan fingerprint density at radius 2 is 2.38 bits per heavy atom. The van der Waals surface area contributed by atoms with E-state index in [1.807, 2.05) is 0 Å². The van der Waals surface area contributed by atoms with Crippen molar-refractivity contribution < 1.29 is 9.59 Å². The van der Waals surface area contributed by atoms with Crippen LogP contribution in [0.3, 0.4) is 0 Å². The van der Waals surface area contributed by atoms with Crippen molar-refractivity contribution in [3.8, 4) is 0 Å². The van der Waals surface area contributed by atoms with Crippen LogP contribution in [0.4, 0.5) is 4.79 Å². The second-order valence-corrected chi connectivity index (χ2v) is 1.39. The third-order valence-electron chi connectivity index (χ3n) is 0.725. The van der Waals surface area contributed by atoms with Gasteiger partial charge in [-0.3, -0.25) is 4.79 Å². The molecule has 4 heteroatoms. The van der Waals surface area contributed by atoms with Gasteiger partial charge in [0.25, 0.3) is 0 Å². The van der Waals surface area contributed by atoms with Crippen LogP contribution in [0, 0.1) is 0 Å². The molecule has 0 aliphatic rings. The minimum Gasteiger partial charge on any atom is -0.349 e. The lowest BCUT2D eigenvalue weighted by molar-refractivity contribution is -0.108. The predicted molar refractivity (Wildman–Crippen MR) is 29.8 cm³/mol. The Morgan fingerprint density at radius 3 is 2.50 bits per heavy atom. The average molecular weight is 111 g/mol. The number of hydrogen-bond donors (Lipinski definition) is 0. The first-order chi connectivity index (χ1) is 3.68. The molecular weight excluding hydrogens is 105 g/mol. The van der Waals surface area contributed by atoms with Gasteiger partial charge in [0.2, 0.25) is 7.85 Å². The van der Waals surface area contributed by atoms with Crippen LogP contribution in [0.1, 0.15) is 0 Å². The van der Waals surface area contributed by atoms with E-state index in [1.54, 1.807) is 0 Å². The molecule has 0 N–H and O–H groups in total. The topological polar surface area (TPSA) is 37.4 Å². The number of carbonyl (C=O) groups is 2. The van der Waals surface area contributed by atoms with Gasteiger partial charge in [0.05, 0.1) is 6.54 Å². The molecule has 0 aliphatic carbocycles. The van der Waals surface area contributed by atoms with Crippen LogP contribution in [0.15, 0.2) is 0 Å². The van der Waals surface area contributed by atoms with Gasteiger partial charge >= 0.3 is 0 Å². The number of aldehydes is 1. The van der Waals surface area contributed by atoms with Crippen LogP contribution < -0.4 is 0 Å². The molecule has 0 bridgehead atoms. The first kappa shape index (κ1) is 7.20. The Hall–Kier alpha value is -0.795. The molecule has 2 radical (unpaired) electrons. The zero-order valence-corrected chi connectivity index (χ0v) is 4.63. The average Bonchev–Trinajstić information content (AvgIpc) is 1.67. The van der Waals surface area contributed by atoms with Crippen LogP contribution >= 0.6 is 0 Å². The molecule has 0 spiro atoms. The summed E-state index contributed by atoms with van der Waals surface area (Å²) < 4.78 is 0. The second kappa shape index (κ2) is 3.24. The molecule has 0 aromatic heterocycles. The Kier molecular flexibility index (Phi) is 2.92. The Labute approximate surface area is 49.1 Å². The standard InChI is InChI=1S/C4H6BNO2/c1-6(2-3-7)4(5)8/h3H,2H2,1H3. The SMILES string of the molecule is [B]C(=O)N(C)CC=O. The van der Waals surface area contributed by atoms with E-state index >= 15 is 0 Å². The lowest BCUT2D eigenvalue weighted by Gasteiger charge is -2.09. The molecule has 3 nitrogen and oxygen atoms in total. The van der Waals surface area contributed by atoms with Crippen molar-refractivity contribution >= 4 is 19.9 Å². The molecule has 0 saturated carbocycles. The summed E-state index contributed by atoms with van der Waals surface area (Å²) in [6.07, 6.45) is 0.616. The highest BCUT2D eigenvalue weighted by Crippen LogP contribution is 1.76. The smallest absolute Gasteiger partial charge is 0.200 e. The third kappa shape index (κ3) is 2.39. The lowest BCUT2D eigenvalue weighted by atomic mass is 10.1. The minimum absolute atomic E-state index is 0.0648. The van der Waals surface area contributed by atoms with Gasteiger partial charge in [-0.1, -0.05) is 0 Å². The quantitative estimate of drug-likeness (QED) is 0.352. The van der Waals surface area contributed by atoms with Crippen molar-refractivity contribution in [1.29, 1.82) is 0 Å². The zero-order chi connectivity index (χ0) is 6.57. The van der Waals surface area contributed by atoms with E-state index in [0.29, 0.717) is 6.29 Å². The summed E-state index contributed by atoms with van der Waals surface area (Å²) in [4.78, 5) is 20.9. The molecule has 0 atom stereocenters. The number of carbonyl (C=O) groups excluding carboxylic acids is 2. The highest BCUT2D eigenvalue weighted by atomic mass is 16.2. The fraction of sp³-hybridized carbons (Fsp3) is 0.500. The first-order valence-electron chi connectivity index (χ1n) is 2.12. The third-order valence-corrected chi connectivity index (χ3v) is 0.725. The van der Waals surface area contributed by atoms with E-state index in [1.165, 1.54) is 7.05 Å². The molecule has 0 aromatic rings. The van der Waals surface area contributed by atoms with E-state index in [2.05, 4.69) is 0 Å². The van der Waals surface area contributed by atoms with Gasteiger partial charge in [0.1, 0.15) is 6.29 Å². The summed E-state index contributed by atoms with van der Waals surface area (Å²) in [5, 5.41) is 0. The molecule has 0 saturated heterocycles. The van der Waals surface area contributed by atoms with Crippen molar-refractivity contribution in [2.45, 2.75) is 0 Å². The molecule has 42 valence electrons. The van der Waals surface area contributed by atoms with Gasteiger partial charge in [-0.05, 0) is 0 Å². The fourth-order valence-corrected chi connectivity index (χ4v) is 0.202. The summed E-state index contributed by atoms with van der Waals surface area (Å²) in [6.45, 7) is 0.0648. The molecule has 1 amide bonds. The van der Waals surface area contributed by atoms with E-state index in [4.69, 9.17) is 7.85 Å². The monoisotopic (exact) mass is 111 g/mol. The van der Waals surface area contributed by atoms with Crippen molar-refractivity contribution in [3.05, 3.63) is 0 Å². The molecule has 0 heterocycles. The van der Waals surface area contributed by atoms with E-state index in [9.17, 15) is 9.59 Å². The van der Waals surface area contributed by atoms with Gasteiger partial charge in [0, 0.05) is 7.05 Å². The molecule has 0 fully saturated rings. The highest BCUT2D eigenvalue weighted by molar-refractivity contribution is 6.56. The fourth-order valence-electron chi connectivity index (χ4n) is 0.202. The highest BCUT2D eigenvalue weighted by Gasteiger charge is 1.96. The van der Waals surface area contributed by atoms with Crippen molar-refractivity contribution in [3.63, 3.8) is 0 Å². The van der Waals surface area contributed by atoms with Crippen molar-refractivity contribution in [1.82, 2.24) is 4.90 Å². The Morgan fingerprint density at radius 1 is 1.88 bits per heavy atom. The maximum atomic E-state index is 10.1. The lowest BCUT2D eigenvalue weighted by Crippen LogP contribution is -2.26. The molecule has 0 rings (SSSR count). The summed E-state index contributed by atoms with van der Waals surface area (Å²) in [6, 6.07) is 0. The number of nitrogens with zero attached hydrogens (tertiary/aromatic N) is 1. The van der Waals surface area contributed by atoms with Gasteiger partial charge in [-0.15, -0.1) is 0 Å². The van der Waals surface area contributed by atoms with Crippen LogP contribution in [-0.4, -0.2) is 38.4 Å². The largest absolute Gasteiger partial charge is 0.349 e. The first-order valence-corrected chi connectivity index (χ1v) is 2.12. The number of rotatable bonds is 2. The summed E-state index contributed by atoms with van der Waals surface area (Å²) in [5.41, 5.74) is 0. The molecule has 0 aliphatic heterocycles. The molecule has 0 aromatic carbocycles. The summed E-state index contributed by atoms with van der Waals surface area (Å²) in [5.74, 6) is -0.586. The van der Waals surface area contributed by atoms with Gasteiger partial charge in [-0.2, -0.15) is 0 Å².